The molecule has 0 spiro atoms. The van der Waals surface area contributed by atoms with Gasteiger partial charge in [-0.15, -0.1) is 0 Å². The highest BCUT2D eigenvalue weighted by Crippen LogP contribution is 2.32. The highest BCUT2D eigenvalue weighted by atomic mass is 35.5. The lowest BCUT2D eigenvalue weighted by Gasteiger charge is -2.34. The van der Waals surface area contributed by atoms with Crippen LogP contribution in [-0.2, 0) is 32.6 Å². The van der Waals surface area contributed by atoms with E-state index in [0.29, 0.717) is 32.7 Å². The summed E-state index contributed by atoms with van der Waals surface area (Å²) in [7, 11) is -4.26. The van der Waals surface area contributed by atoms with E-state index in [1.165, 1.54) is 17.0 Å². The first-order chi connectivity index (χ1) is 22.4. The molecule has 0 aliphatic heterocycles. The van der Waals surface area contributed by atoms with Crippen molar-refractivity contribution in [3.63, 3.8) is 0 Å². The molecular weight excluding hydrogens is 677 g/mol. The summed E-state index contributed by atoms with van der Waals surface area (Å²) in [6, 6.07) is 24.6. The Bertz CT molecular complexity index is 1800. The van der Waals surface area contributed by atoms with Gasteiger partial charge in [0.1, 0.15) is 12.6 Å². The number of amides is 2. The van der Waals surface area contributed by atoms with Gasteiger partial charge in [0, 0.05) is 34.6 Å². The van der Waals surface area contributed by atoms with Crippen molar-refractivity contribution >= 4 is 62.3 Å². The number of hydrogen-bond donors (Lipinski definition) is 1. The summed E-state index contributed by atoms with van der Waals surface area (Å²) in [6.07, 6.45) is 1.82. The molecule has 248 valence electrons. The molecule has 0 aliphatic rings. The van der Waals surface area contributed by atoms with Crippen molar-refractivity contribution in [2.24, 2.45) is 0 Å². The lowest BCUT2D eigenvalue weighted by molar-refractivity contribution is -0.140. The first-order valence-corrected chi connectivity index (χ1v) is 17.9. The van der Waals surface area contributed by atoms with Crippen LogP contribution in [0.1, 0.15) is 42.0 Å². The molecule has 0 bridgehead atoms. The predicted molar refractivity (Wildman–Crippen MR) is 191 cm³/mol. The van der Waals surface area contributed by atoms with E-state index in [-0.39, 0.29) is 29.5 Å². The molecule has 0 fully saturated rings. The minimum absolute atomic E-state index is 0.0146. The van der Waals surface area contributed by atoms with Gasteiger partial charge in [0.25, 0.3) is 10.0 Å². The maximum Gasteiger partial charge on any atom is 0.264 e. The Labute approximate surface area is 292 Å². The molecule has 11 heteroatoms. The Kier molecular flexibility index (Phi) is 12.7. The summed E-state index contributed by atoms with van der Waals surface area (Å²) in [6.45, 7) is 5.34. The second-order valence-corrected chi connectivity index (χ2v) is 14.4. The third-order valence-electron chi connectivity index (χ3n) is 7.85. The van der Waals surface area contributed by atoms with Gasteiger partial charge in [-0.1, -0.05) is 108 Å². The molecule has 0 saturated heterocycles. The number of aryl methyl sites for hydroxylation is 1. The summed E-state index contributed by atoms with van der Waals surface area (Å²) >= 11 is 19.2. The molecule has 7 nitrogen and oxygen atoms in total. The Morgan fingerprint density at radius 3 is 2.21 bits per heavy atom. The van der Waals surface area contributed by atoms with Crippen LogP contribution in [0.5, 0.6) is 0 Å². The van der Waals surface area contributed by atoms with Gasteiger partial charge in [0.15, 0.2) is 0 Å². The molecule has 1 N–H and O–H groups in total. The largest absolute Gasteiger partial charge is 0.354 e. The number of carbonyl (C=O) groups excluding carboxylic acids is 2. The number of rotatable bonds is 14. The van der Waals surface area contributed by atoms with Gasteiger partial charge in [0.2, 0.25) is 11.8 Å². The maximum absolute atomic E-state index is 14.6. The summed E-state index contributed by atoms with van der Waals surface area (Å²) in [5.74, 6) is -0.953. The SMILES string of the molecule is CCCCNC(=O)C(Cc1ccccc1)N(Cc1ccc(Cl)cc1Cl)C(=O)CN(c1cccc(Cl)c1C)S(=O)(=O)c1ccc(C)cc1. The van der Waals surface area contributed by atoms with Crippen molar-refractivity contribution in [1.29, 1.82) is 0 Å². The van der Waals surface area contributed by atoms with Gasteiger partial charge >= 0.3 is 0 Å². The van der Waals surface area contributed by atoms with Crippen LogP contribution in [0, 0.1) is 13.8 Å². The van der Waals surface area contributed by atoms with Gasteiger partial charge in [-0.05, 0) is 73.4 Å². The van der Waals surface area contributed by atoms with E-state index in [0.717, 1.165) is 28.3 Å². The highest BCUT2D eigenvalue weighted by molar-refractivity contribution is 7.92. The molecule has 1 atom stereocenters. The van der Waals surface area contributed by atoms with E-state index >= 15 is 0 Å². The normalized spacial score (nSPS) is 12.0. The topological polar surface area (TPSA) is 86.8 Å². The average Bonchev–Trinajstić information content (AvgIpc) is 3.04. The zero-order valence-corrected chi connectivity index (χ0v) is 29.6. The second-order valence-electron chi connectivity index (χ2n) is 11.3. The van der Waals surface area contributed by atoms with E-state index < -0.39 is 28.5 Å². The van der Waals surface area contributed by atoms with Crippen molar-refractivity contribution in [2.75, 3.05) is 17.4 Å². The number of nitrogens with one attached hydrogen (secondary N) is 1. The standard InChI is InChI=1S/C36H38Cl3N3O4S/c1-4-5-20-40-36(44)34(21-27-10-7-6-8-11-27)41(23-28-16-17-29(37)22-32(28)39)35(43)24-42(33-13-9-12-31(38)26(33)3)47(45,46)30-18-14-25(2)15-19-30/h6-19,22,34H,4-5,20-21,23-24H2,1-3H3,(H,40,44). The fraction of sp³-hybridized carbons (Fsp3) is 0.278. The molecule has 1 unspecified atom stereocenters. The zero-order chi connectivity index (χ0) is 34.1. The molecule has 4 rings (SSSR count). The number of hydrogen-bond acceptors (Lipinski definition) is 4. The molecule has 2 amide bonds. The van der Waals surface area contributed by atoms with Crippen molar-refractivity contribution in [3.8, 4) is 0 Å². The van der Waals surface area contributed by atoms with Crippen LogP contribution in [0.15, 0.2) is 95.9 Å². The van der Waals surface area contributed by atoms with E-state index in [9.17, 15) is 18.0 Å². The zero-order valence-electron chi connectivity index (χ0n) is 26.5. The number of unbranched alkanes of at least 4 members (excludes halogenated alkanes) is 1. The van der Waals surface area contributed by atoms with Crippen LogP contribution in [-0.4, -0.2) is 44.3 Å². The van der Waals surface area contributed by atoms with E-state index in [1.54, 1.807) is 55.5 Å². The number of carbonyl (C=O) groups is 2. The third kappa shape index (κ3) is 9.29. The van der Waals surface area contributed by atoms with Gasteiger partial charge in [-0.3, -0.25) is 13.9 Å². The minimum Gasteiger partial charge on any atom is -0.354 e. The smallest absolute Gasteiger partial charge is 0.264 e. The van der Waals surface area contributed by atoms with Crippen LogP contribution in [0.4, 0.5) is 5.69 Å². The van der Waals surface area contributed by atoms with Crippen molar-refractivity contribution < 1.29 is 18.0 Å². The first kappa shape index (κ1) is 36.3. The Hall–Kier alpha value is -3.56. The van der Waals surface area contributed by atoms with Gasteiger partial charge in [0.05, 0.1) is 10.6 Å². The molecule has 0 aromatic heterocycles. The summed E-state index contributed by atoms with van der Waals surface area (Å²) < 4.78 is 29.6. The minimum atomic E-state index is -4.26. The highest BCUT2D eigenvalue weighted by Gasteiger charge is 2.35. The molecule has 47 heavy (non-hydrogen) atoms. The second kappa shape index (κ2) is 16.5. The number of nitrogens with zero attached hydrogens (tertiary/aromatic N) is 2. The van der Waals surface area contributed by atoms with Gasteiger partial charge < -0.3 is 10.2 Å². The van der Waals surface area contributed by atoms with Crippen LogP contribution >= 0.6 is 34.8 Å². The van der Waals surface area contributed by atoms with Gasteiger partial charge in [-0.25, -0.2) is 8.42 Å². The number of sulfonamides is 1. The van der Waals surface area contributed by atoms with Crippen LogP contribution in [0.3, 0.4) is 0 Å². The Balaban J connectivity index is 1.84. The summed E-state index contributed by atoms with van der Waals surface area (Å²) in [5.41, 5.74) is 3.01. The molecular formula is C36H38Cl3N3O4S. The number of halogens is 3. The van der Waals surface area contributed by atoms with Crippen LogP contribution < -0.4 is 9.62 Å². The fourth-order valence-corrected chi connectivity index (χ4v) is 7.22. The van der Waals surface area contributed by atoms with Gasteiger partial charge in [-0.2, -0.15) is 0 Å². The number of benzene rings is 4. The molecule has 0 heterocycles. The predicted octanol–water partition coefficient (Wildman–Crippen LogP) is 8.02. The van der Waals surface area contributed by atoms with Crippen molar-refractivity contribution in [2.45, 2.75) is 57.5 Å². The molecule has 4 aromatic rings. The van der Waals surface area contributed by atoms with Crippen molar-refractivity contribution in [1.82, 2.24) is 10.2 Å². The van der Waals surface area contributed by atoms with E-state index in [2.05, 4.69) is 5.32 Å². The molecule has 0 saturated carbocycles. The Morgan fingerprint density at radius 1 is 0.851 bits per heavy atom. The Morgan fingerprint density at radius 2 is 1.55 bits per heavy atom. The third-order valence-corrected chi connectivity index (χ3v) is 10.6. The van der Waals surface area contributed by atoms with Crippen molar-refractivity contribution in [3.05, 3.63) is 128 Å². The van der Waals surface area contributed by atoms with E-state index in [1.807, 2.05) is 44.2 Å². The van der Waals surface area contributed by atoms with Crippen LogP contribution in [0.2, 0.25) is 15.1 Å². The number of anilines is 1. The monoisotopic (exact) mass is 713 g/mol. The molecule has 4 aromatic carbocycles. The fourth-order valence-electron chi connectivity index (χ4n) is 5.11. The summed E-state index contributed by atoms with van der Waals surface area (Å²) in [4.78, 5) is 30.0. The lowest BCUT2D eigenvalue weighted by Crippen LogP contribution is -2.53. The lowest BCUT2D eigenvalue weighted by atomic mass is 10.0. The molecule has 0 aliphatic carbocycles. The van der Waals surface area contributed by atoms with Crippen LogP contribution in [0.25, 0.3) is 0 Å². The summed E-state index contributed by atoms with van der Waals surface area (Å²) in [5, 5.41) is 4.06. The van der Waals surface area contributed by atoms with E-state index in [4.69, 9.17) is 34.8 Å². The maximum atomic E-state index is 14.6. The molecule has 0 radical (unpaired) electrons. The quantitative estimate of drug-likeness (QED) is 0.134. The first-order valence-electron chi connectivity index (χ1n) is 15.3. The average molecular weight is 715 g/mol.